The Morgan fingerprint density at radius 3 is 2.23 bits per heavy atom. The van der Waals surface area contributed by atoms with Crippen LogP contribution in [0.5, 0.6) is 5.75 Å². The summed E-state index contributed by atoms with van der Waals surface area (Å²) < 4.78 is 52.1. The van der Waals surface area contributed by atoms with E-state index in [0.29, 0.717) is 45.4 Å². The minimum atomic E-state index is -4.35. The normalized spacial score (nSPS) is 11.7. The van der Waals surface area contributed by atoms with Gasteiger partial charge in [-0.05, 0) is 31.0 Å². The zero-order chi connectivity index (χ0) is 21.4. The van der Waals surface area contributed by atoms with E-state index >= 15 is 0 Å². The number of ether oxygens (including phenoxy) is 3. The number of benzene rings is 1. The van der Waals surface area contributed by atoms with E-state index in [1.807, 2.05) is 6.92 Å². The molecule has 0 fully saturated rings. The first-order chi connectivity index (χ1) is 13.9. The average molecular weight is 547 g/mol. The monoisotopic (exact) mass is 547 g/mol. The smallest absolute Gasteiger partial charge is 0.422 e. The molecule has 2 N–H and O–H groups in total. The van der Waals surface area contributed by atoms with Crippen LogP contribution in [0, 0.1) is 0 Å². The van der Waals surface area contributed by atoms with Crippen LogP contribution in [0.1, 0.15) is 32.3 Å². The van der Waals surface area contributed by atoms with Gasteiger partial charge in [0.15, 0.2) is 12.6 Å². The summed E-state index contributed by atoms with van der Waals surface area (Å²) in [7, 11) is 0. The van der Waals surface area contributed by atoms with Crippen molar-refractivity contribution in [2.24, 2.45) is 4.99 Å². The van der Waals surface area contributed by atoms with Gasteiger partial charge in [0.2, 0.25) is 0 Å². The van der Waals surface area contributed by atoms with Gasteiger partial charge in [-0.25, -0.2) is 4.99 Å². The van der Waals surface area contributed by atoms with Crippen LogP contribution in [0.15, 0.2) is 29.3 Å². The van der Waals surface area contributed by atoms with Gasteiger partial charge in [0, 0.05) is 19.7 Å². The van der Waals surface area contributed by atoms with E-state index in [1.54, 1.807) is 12.1 Å². The van der Waals surface area contributed by atoms with Crippen LogP contribution in [-0.2, 0) is 16.0 Å². The summed E-state index contributed by atoms with van der Waals surface area (Å²) >= 11 is 0. The van der Waals surface area contributed by atoms with Crippen LogP contribution < -0.4 is 15.4 Å². The van der Waals surface area contributed by atoms with E-state index in [1.165, 1.54) is 12.1 Å². The van der Waals surface area contributed by atoms with Crippen LogP contribution in [0.2, 0.25) is 0 Å². The van der Waals surface area contributed by atoms with Crippen LogP contribution >= 0.6 is 24.0 Å². The molecule has 0 bridgehead atoms. The van der Waals surface area contributed by atoms with E-state index in [0.717, 1.165) is 25.0 Å². The highest BCUT2D eigenvalue weighted by molar-refractivity contribution is 14.0. The van der Waals surface area contributed by atoms with Crippen molar-refractivity contribution in [2.75, 3.05) is 46.1 Å². The number of halogens is 4. The van der Waals surface area contributed by atoms with Gasteiger partial charge >= 0.3 is 6.18 Å². The van der Waals surface area contributed by atoms with E-state index in [4.69, 9.17) is 14.2 Å². The summed E-state index contributed by atoms with van der Waals surface area (Å²) in [5, 5.41) is 6.31. The Balaban J connectivity index is 0.00000841. The van der Waals surface area contributed by atoms with Gasteiger partial charge < -0.3 is 24.8 Å². The molecule has 1 rings (SSSR count). The Morgan fingerprint density at radius 1 is 0.967 bits per heavy atom. The van der Waals surface area contributed by atoms with Crippen molar-refractivity contribution < 1.29 is 27.4 Å². The first-order valence-electron chi connectivity index (χ1n) is 9.90. The number of aliphatic imine (C=N–C) groups is 1. The average Bonchev–Trinajstić information content (AvgIpc) is 2.69. The van der Waals surface area contributed by atoms with Gasteiger partial charge in [-0.15, -0.1) is 24.0 Å². The molecule has 0 unspecified atom stereocenters. The predicted molar refractivity (Wildman–Crippen MR) is 123 cm³/mol. The van der Waals surface area contributed by atoms with Gasteiger partial charge in [0.1, 0.15) is 5.75 Å². The van der Waals surface area contributed by atoms with Crippen LogP contribution in [0.25, 0.3) is 0 Å². The standard InChI is InChI=1S/C20H32F3N3O3.HI/c1-3-5-11-27-13-14-28-12-10-25-19(24-4-2)26-15-17-6-8-18(9-7-17)29-16-20(21,22)23;/h6-9H,3-5,10-16H2,1-2H3,(H2,24,25,26);1H. The van der Waals surface area contributed by atoms with Crippen molar-refractivity contribution in [3.63, 3.8) is 0 Å². The number of alkyl halides is 3. The lowest BCUT2D eigenvalue weighted by Gasteiger charge is -2.12. The minimum Gasteiger partial charge on any atom is -0.484 e. The van der Waals surface area contributed by atoms with Crippen molar-refractivity contribution in [3.8, 4) is 5.75 Å². The number of hydrogen-bond donors (Lipinski definition) is 2. The second kappa shape index (κ2) is 17.4. The first-order valence-corrected chi connectivity index (χ1v) is 9.90. The summed E-state index contributed by atoms with van der Waals surface area (Å²) in [6.45, 7) is 6.95. The molecule has 0 aliphatic carbocycles. The number of guanidine groups is 1. The molecule has 0 aliphatic heterocycles. The zero-order valence-corrected chi connectivity index (χ0v) is 19.9. The molecule has 30 heavy (non-hydrogen) atoms. The molecule has 0 spiro atoms. The third kappa shape index (κ3) is 15.6. The fourth-order valence-electron chi connectivity index (χ4n) is 2.18. The van der Waals surface area contributed by atoms with E-state index in [2.05, 4.69) is 22.5 Å². The zero-order valence-electron chi connectivity index (χ0n) is 17.6. The Morgan fingerprint density at radius 2 is 1.63 bits per heavy atom. The Labute approximate surface area is 194 Å². The molecule has 1 aromatic carbocycles. The molecule has 0 aromatic heterocycles. The molecule has 0 atom stereocenters. The Bertz CT molecular complexity index is 573. The number of hydrogen-bond acceptors (Lipinski definition) is 4. The summed E-state index contributed by atoms with van der Waals surface area (Å²) in [6.07, 6.45) is -2.16. The number of rotatable bonds is 14. The van der Waals surface area contributed by atoms with Gasteiger partial charge in [-0.2, -0.15) is 13.2 Å². The molecule has 0 saturated heterocycles. The maximum absolute atomic E-state index is 12.2. The highest BCUT2D eigenvalue weighted by Gasteiger charge is 2.28. The Kier molecular flexibility index (Phi) is 16.7. The van der Waals surface area contributed by atoms with Crippen molar-refractivity contribution >= 4 is 29.9 Å². The highest BCUT2D eigenvalue weighted by Crippen LogP contribution is 2.19. The lowest BCUT2D eigenvalue weighted by molar-refractivity contribution is -0.153. The Hall–Kier alpha value is -1.27. The highest BCUT2D eigenvalue weighted by atomic mass is 127. The van der Waals surface area contributed by atoms with Gasteiger partial charge in [0.25, 0.3) is 0 Å². The van der Waals surface area contributed by atoms with Crippen LogP contribution in [0.3, 0.4) is 0 Å². The van der Waals surface area contributed by atoms with E-state index in [9.17, 15) is 13.2 Å². The molecule has 0 amide bonds. The first kappa shape index (κ1) is 28.7. The fraction of sp³-hybridized carbons (Fsp3) is 0.650. The summed E-state index contributed by atoms with van der Waals surface area (Å²) in [5.41, 5.74) is 0.863. The van der Waals surface area contributed by atoms with Gasteiger partial charge in [-0.1, -0.05) is 25.5 Å². The molecular formula is C20H33F3IN3O3. The van der Waals surface area contributed by atoms with E-state index < -0.39 is 12.8 Å². The lowest BCUT2D eigenvalue weighted by Crippen LogP contribution is -2.39. The van der Waals surface area contributed by atoms with Crippen molar-refractivity contribution in [2.45, 2.75) is 39.4 Å². The third-order valence-electron chi connectivity index (χ3n) is 3.64. The minimum absolute atomic E-state index is 0. The molecule has 0 heterocycles. The third-order valence-corrected chi connectivity index (χ3v) is 3.64. The summed E-state index contributed by atoms with van der Waals surface area (Å²) in [4.78, 5) is 4.46. The lowest BCUT2D eigenvalue weighted by atomic mass is 10.2. The second-order valence-corrected chi connectivity index (χ2v) is 6.25. The number of unbranched alkanes of at least 4 members (excludes halogenated alkanes) is 1. The quantitative estimate of drug-likeness (QED) is 0.159. The molecular weight excluding hydrogens is 514 g/mol. The molecule has 174 valence electrons. The molecule has 0 aliphatic rings. The summed E-state index contributed by atoms with van der Waals surface area (Å²) in [5.74, 6) is 0.823. The molecule has 1 aromatic rings. The topological polar surface area (TPSA) is 64.1 Å². The SMILES string of the molecule is CCCCOCCOCCNC(=NCc1ccc(OCC(F)(F)F)cc1)NCC.I. The fourth-order valence-corrected chi connectivity index (χ4v) is 2.18. The number of nitrogens with zero attached hydrogens (tertiary/aromatic N) is 1. The van der Waals surface area contributed by atoms with Crippen molar-refractivity contribution in [3.05, 3.63) is 29.8 Å². The molecule has 6 nitrogen and oxygen atoms in total. The van der Waals surface area contributed by atoms with Gasteiger partial charge in [0.05, 0.1) is 26.4 Å². The van der Waals surface area contributed by atoms with Crippen LogP contribution in [0.4, 0.5) is 13.2 Å². The molecule has 0 saturated carbocycles. The van der Waals surface area contributed by atoms with Crippen molar-refractivity contribution in [1.82, 2.24) is 10.6 Å². The second-order valence-electron chi connectivity index (χ2n) is 6.25. The maximum atomic E-state index is 12.2. The van der Waals surface area contributed by atoms with Gasteiger partial charge in [-0.3, -0.25) is 0 Å². The summed E-state index contributed by atoms with van der Waals surface area (Å²) in [6, 6.07) is 6.40. The predicted octanol–water partition coefficient (Wildman–Crippen LogP) is 4.13. The largest absolute Gasteiger partial charge is 0.484 e. The number of nitrogens with one attached hydrogen (secondary N) is 2. The molecule has 10 heteroatoms. The maximum Gasteiger partial charge on any atom is 0.422 e. The molecule has 0 radical (unpaired) electrons. The van der Waals surface area contributed by atoms with E-state index in [-0.39, 0.29) is 29.7 Å². The van der Waals surface area contributed by atoms with Crippen molar-refractivity contribution in [1.29, 1.82) is 0 Å². The van der Waals surface area contributed by atoms with Crippen LogP contribution in [-0.4, -0.2) is 58.3 Å².